The summed E-state index contributed by atoms with van der Waals surface area (Å²) >= 11 is 0. The Bertz CT molecular complexity index is 2400. The molecule has 24 nitrogen and oxygen atoms in total. The van der Waals surface area contributed by atoms with Crippen LogP contribution in [0.1, 0.15) is 131 Å². The molecule has 2 aromatic rings. The van der Waals surface area contributed by atoms with Gasteiger partial charge in [0.2, 0.25) is 47.3 Å². The molecule has 0 aromatic heterocycles. The molecule has 0 saturated carbocycles. The second-order valence-corrected chi connectivity index (χ2v) is 24.1. The third-order valence-electron chi connectivity index (χ3n) is 15.8. The average molecular weight is 1170 g/mol. The van der Waals surface area contributed by atoms with Crippen LogP contribution in [-0.4, -0.2) is 165 Å². The lowest BCUT2D eigenvalue weighted by molar-refractivity contribution is -0.148. The van der Waals surface area contributed by atoms with Crippen molar-refractivity contribution in [3.8, 4) is 0 Å². The van der Waals surface area contributed by atoms with E-state index in [1.54, 1.807) is 88.4 Å². The summed E-state index contributed by atoms with van der Waals surface area (Å²) in [6.07, 6.45) is 1.78. The number of nitrogens with one attached hydrogen (secondary N) is 6. The topological polar surface area (TPSA) is 360 Å². The second-order valence-electron chi connectivity index (χ2n) is 24.1. The monoisotopic (exact) mass is 1170 g/mol. The quantitative estimate of drug-likeness (QED) is 0.0804. The highest BCUT2D eigenvalue weighted by Gasteiger charge is 2.45. The summed E-state index contributed by atoms with van der Waals surface area (Å²) in [5.41, 5.74) is 13.2. The van der Waals surface area contributed by atoms with Gasteiger partial charge in [-0.3, -0.25) is 58.0 Å². The first-order valence-electron chi connectivity index (χ1n) is 29.9. The van der Waals surface area contributed by atoms with Crippen molar-refractivity contribution in [1.82, 2.24) is 51.7 Å². The Morgan fingerprint density at radius 2 is 0.774 bits per heavy atom. The first kappa shape index (κ1) is 67.8. The van der Waals surface area contributed by atoms with Crippen LogP contribution in [0.25, 0.3) is 0 Å². The van der Waals surface area contributed by atoms with Crippen LogP contribution >= 0.6 is 0 Å². The van der Waals surface area contributed by atoms with E-state index in [4.69, 9.17) is 23.2 Å². The van der Waals surface area contributed by atoms with Crippen LogP contribution in [0.2, 0.25) is 0 Å². The molecule has 24 heteroatoms. The van der Waals surface area contributed by atoms with Gasteiger partial charge in [-0.25, -0.2) is 11.7 Å². The van der Waals surface area contributed by atoms with Crippen LogP contribution < -0.4 is 55.1 Å². The fourth-order valence-corrected chi connectivity index (χ4v) is 11.2. The molecule has 464 valence electrons. The summed E-state index contributed by atoms with van der Waals surface area (Å²) in [6, 6.07) is 5.20. The van der Waals surface area contributed by atoms with Gasteiger partial charge in [0.15, 0.2) is 0 Å². The van der Waals surface area contributed by atoms with E-state index in [-0.39, 0.29) is 102 Å². The minimum absolute atomic E-state index is 0.00661. The number of nitrogens with zero attached hydrogens (tertiary/aromatic N) is 4. The molecule has 3 saturated heterocycles. The summed E-state index contributed by atoms with van der Waals surface area (Å²) in [5.74, 6) is 4.53. The van der Waals surface area contributed by atoms with E-state index in [0.717, 1.165) is 10.0 Å². The Hall–Kier alpha value is -7.02. The molecule has 0 bridgehead atoms. The smallest absolute Gasteiger partial charge is 0.260 e. The molecule has 3 heterocycles. The van der Waals surface area contributed by atoms with Gasteiger partial charge in [-0.05, 0) is 112 Å². The molecule has 3 aliphatic rings. The molecule has 0 aliphatic carbocycles. The van der Waals surface area contributed by atoms with E-state index in [2.05, 4.69) is 31.9 Å². The number of carbonyl (C=O) groups excluding carboxylic acids is 10. The van der Waals surface area contributed by atoms with Crippen molar-refractivity contribution in [1.29, 1.82) is 0 Å². The van der Waals surface area contributed by atoms with Crippen molar-refractivity contribution in [2.24, 2.45) is 46.8 Å². The minimum Gasteiger partial charge on any atom is -0.342 e. The zero-order chi connectivity index (χ0) is 61.9. The van der Waals surface area contributed by atoms with Crippen LogP contribution in [-0.2, 0) is 60.8 Å². The highest BCUT2D eigenvalue weighted by atomic mass is 16.2. The van der Waals surface area contributed by atoms with Crippen molar-refractivity contribution in [3.63, 3.8) is 0 Å². The van der Waals surface area contributed by atoms with Gasteiger partial charge in [-0.1, -0.05) is 116 Å². The van der Waals surface area contributed by atoms with Crippen LogP contribution in [0.3, 0.4) is 0 Å². The molecule has 10 atom stereocenters. The van der Waals surface area contributed by atoms with Crippen molar-refractivity contribution < 1.29 is 47.9 Å². The van der Waals surface area contributed by atoms with E-state index >= 15 is 0 Å². The largest absolute Gasteiger partial charge is 0.342 e. The van der Waals surface area contributed by atoms with Gasteiger partial charge in [-0.15, -0.1) is 0 Å². The van der Waals surface area contributed by atoms with Gasteiger partial charge in [0.25, 0.3) is 11.8 Å². The molecule has 2 aromatic carbocycles. The Labute approximate surface area is 494 Å². The highest BCUT2D eigenvalue weighted by Crippen LogP contribution is 2.24. The van der Waals surface area contributed by atoms with Crippen LogP contribution in [0.15, 0.2) is 60.7 Å². The van der Waals surface area contributed by atoms with Crippen molar-refractivity contribution in [2.45, 2.75) is 193 Å². The molecule has 0 radical (unpaired) electrons. The Balaban J connectivity index is 1.62. The molecule has 14 N–H and O–H groups in total. The van der Waals surface area contributed by atoms with Crippen molar-refractivity contribution in [3.05, 3.63) is 71.8 Å². The number of fused-ring (bicyclic) bond motifs is 2. The van der Waals surface area contributed by atoms with E-state index in [0.29, 0.717) is 24.0 Å². The number of hydrogen-bond donors (Lipinski definition) is 10. The summed E-state index contributed by atoms with van der Waals surface area (Å²) in [5, 5.41) is 18.5. The van der Waals surface area contributed by atoms with Gasteiger partial charge >= 0.3 is 0 Å². The molecule has 3 aliphatic heterocycles. The average Bonchev–Trinajstić information content (AvgIpc) is 4.36. The van der Waals surface area contributed by atoms with Crippen LogP contribution in [0, 0.1) is 23.7 Å². The molecular weight excluding hydrogens is 1080 g/mol. The number of amides is 10. The van der Waals surface area contributed by atoms with Gasteiger partial charge in [0.05, 0.1) is 0 Å². The third-order valence-corrected chi connectivity index (χ3v) is 15.8. The second kappa shape index (κ2) is 32.3. The summed E-state index contributed by atoms with van der Waals surface area (Å²) < 4.78 is 0. The predicted molar refractivity (Wildman–Crippen MR) is 316 cm³/mol. The molecule has 0 spiro atoms. The Morgan fingerprint density at radius 1 is 0.440 bits per heavy atom. The van der Waals surface area contributed by atoms with E-state index in [1.165, 1.54) is 9.80 Å². The lowest BCUT2D eigenvalue weighted by atomic mass is 9.98. The van der Waals surface area contributed by atoms with Crippen molar-refractivity contribution in [2.75, 3.05) is 26.2 Å². The molecule has 0 unspecified atom stereocenters. The van der Waals surface area contributed by atoms with Crippen LogP contribution in [0.5, 0.6) is 0 Å². The summed E-state index contributed by atoms with van der Waals surface area (Å²) in [4.78, 5) is 150. The third kappa shape index (κ3) is 18.5. The van der Waals surface area contributed by atoms with Gasteiger partial charge < -0.3 is 53.2 Å². The van der Waals surface area contributed by atoms with Gasteiger partial charge in [-0.2, -0.15) is 0 Å². The SMILES string of the molecule is CC(C)C[C@@H]1NC(=O)[C@H](CCCN)N(N)C(=O)[C@H](C(C)C)NC(=O)[C@@H]2CCCN2C(=O)[C@@H](Cc2ccccc2)NC(=O)[C@H](CC(C)C)NC(=O)[C@H](CCCN)N(N)C(=O)[C@H](C(C)C)NC(=O)[C@@H]2CCCN2C(=O)[C@@H](Cc2ccccc2)NC1=O. The molecule has 10 amide bonds. The highest BCUT2D eigenvalue weighted by molar-refractivity contribution is 6.00. The fraction of sp³-hybridized carbons (Fsp3) is 0.633. The maximum atomic E-state index is 15.0. The van der Waals surface area contributed by atoms with Crippen molar-refractivity contribution >= 4 is 59.1 Å². The van der Waals surface area contributed by atoms with E-state index < -0.39 is 131 Å². The molecule has 3 fully saturated rings. The Kier molecular flexibility index (Phi) is 26.1. The Morgan fingerprint density at radius 3 is 1.08 bits per heavy atom. The first-order valence-corrected chi connectivity index (χ1v) is 29.9. The molecule has 5 rings (SSSR count). The normalized spacial score (nSPS) is 26.5. The zero-order valence-electron chi connectivity index (χ0n) is 50.4. The first-order chi connectivity index (χ1) is 39.9. The summed E-state index contributed by atoms with van der Waals surface area (Å²) in [6.45, 7) is 14.6. The maximum absolute atomic E-state index is 15.0. The van der Waals surface area contributed by atoms with E-state index in [1.807, 2.05) is 27.7 Å². The number of benzene rings is 2. The maximum Gasteiger partial charge on any atom is 0.260 e. The number of hydrazine groups is 2. The molecule has 84 heavy (non-hydrogen) atoms. The number of nitrogens with two attached hydrogens (primary N) is 4. The number of carbonyl (C=O) groups is 10. The number of hydrogen-bond acceptors (Lipinski definition) is 14. The fourth-order valence-electron chi connectivity index (χ4n) is 11.2. The lowest BCUT2D eigenvalue weighted by Gasteiger charge is -2.35. The van der Waals surface area contributed by atoms with E-state index in [9.17, 15) is 47.9 Å². The predicted octanol–water partition coefficient (Wildman–Crippen LogP) is 0.400. The number of rotatable bonds is 16. The van der Waals surface area contributed by atoms with Gasteiger partial charge in [0, 0.05) is 25.9 Å². The summed E-state index contributed by atoms with van der Waals surface area (Å²) in [7, 11) is 0. The zero-order valence-corrected chi connectivity index (χ0v) is 50.4. The standard InChI is InChI=1S/C60H94N14O10/c1-35(2)31-41-51(75)67-43(33-39-19-11-9-12-20-39)57(81)71-29-17-25-45(71)53(77)70-50(38(7)8)60(84)74(64)48(24-16-28-62)56(80)66-42(32-36(3)4)52(76)68-44(34-40-21-13-10-14-22-40)58(82)72-30-18-26-46(72)54(78)69-49(37(5)6)59(83)73(63)47(23-15-27-61)55(79)65-41/h9-14,19-22,35-38,41-50H,15-18,23-34,61-64H2,1-8H3,(H,65,79)(H,66,80)(H,67,75)(H,68,76)(H,69,78)(H,70,77)/t41-,42-,43+,44+,45-,46-,47-,48-,49-,50-/m0/s1. The van der Waals surface area contributed by atoms with Gasteiger partial charge in [0.1, 0.15) is 60.4 Å². The molecular formula is C60H94N14O10. The van der Waals surface area contributed by atoms with Crippen LogP contribution in [0.4, 0.5) is 0 Å². The lowest BCUT2D eigenvalue weighted by Crippen LogP contribution is -2.64. The minimum atomic E-state index is -1.39.